The number of aryl methyl sites for hydroxylation is 2. The van der Waals surface area contributed by atoms with Crippen molar-refractivity contribution in [3.8, 4) is 22.5 Å². The Morgan fingerprint density at radius 2 is 1.80 bits per heavy atom. The molecular weight excluding hydrogens is 663 g/mol. The number of benzene rings is 1. The van der Waals surface area contributed by atoms with Crippen molar-refractivity contribution in [2.75, 3.05) is 18.4 Å². The summed E-state index contributed by atoms with van der Waals surface area (Å²) in [5.41, 5.74) is -1.27. The molecule has 258 valence electrons. The van der Waals surface area contributed by atoms with Crippen molar-refractivity contribution in [3.63, 3.8) is 0 Å². The molecule has 1 aromatic carbocycles. The molecule has 49 heavy (non-hydrogen) atoms. The Morgan fingerprint density at radius 1 is 1.06 bits per heavy atom. The van der Waals surface area contributed by atoms with E-state index in [1.165, 1.54) is 23.1 Å². The first-order chi connectivity index (χ1) is 23.0. The molecule has 16 heteroatoms. The highest BCUT2D eigenvalue weighted by Crippen LogP contribution is 2.41. The molecule has 6 rings (SSSR count). The summed E-state index contributed by atoms with van der Waals surface area (Å²) in [5, 5.41) is 7.13. The molecule has 0 radical (unpaired) electrons. The number of alkyl halides is 3. The Morgan fingerprint density at radius 3 is 2.45 bits per heavy atom. The molecule has 0 saturated carbocycles. The molecule has 1 fully saturated rings. The van der Waals surface area contributed by atoms with Crippen LogP contribution in [0.3, 0.4) is 0 Å². The Hall–Kier alpha value is -4.99. The number of amides is 1. The van der Waals surface area contributed by atoms with E-state index in [4.69, 9.17) is 9.26 Å². The number of carbonyl (C=O) groups is 1. The number of piperidine rings is 1. The van der Waals surface area contributed by atoms with Gasteiger partial charge < -0.3 is 19.5 Å². The summed E-state index contributed by atoms with van der Waals surface area (Å²) in [6, 6.07) is 10.2. The predicted molar refractivity (Wildman–Crippen MR) is 174 cm³/mol. The fourth-order valence-corrected chi connectivity index (χ4v) is 7.11. The molecule has 12 nitrogen and oxygen atoms in total. The number of halogens is 3. The minimum atomic E-state index is -4.89. The van der Waals surface area contributed by atoms with Crippen molar-refractivity contribution in [1.82, 2.24) is 29.0 Å². The number of hydrogen-bond acceptors (Lipinski definition) is 10. The fourth-order valence-electron chi connectivity index (χ4n) is 5.77. The molecule has 0 spiro atoms. The van der Waals surface area contributed by atoms with Crippen molar-refractivity contribution in [3.05, 3.63) is 71.9 Å². The van der Waals surface area contributed by atoms with Gasteiger partial charge in [0, 0.05) is 42.5 Å². The molecular formula is C33H34F3N7O5S. The molecule has 4 aromatic heterocycles. The topological polar surface area (TPSA) is 145 Å². The second-order valence-corrected chi connectivity index (χ2v) is 14.6. The molecule has 1 atom stereocenters. The lowest BCUT2D eigenvalue weighted by molar-refractivity contribution is -0.137. The van der Waals surface area contributed by atoms with E-state index in [0.717, 1.165) is 10.2 Å². The number of carbonyl (C=O) groups excluding carboxylic acids is 1. The van der Waals surface area contributed by atoms with Crippen molar-refractivity contribution < 1.29 is 35.6 Å². The van der Waals surface area contributed by atoms with Gasteiger partial charge in [-0.05, 0) is 71.7 Å². The molecule has 5 heterocycles. The molecule has 0 aliphatic carbocycles. The first-order valence-electron chi connectivity index (χ1n) is 15.5. The van der Waals surface area contributed by atoms with E-state index < -0.39 is 39.2 Å². The van der Waals surface area contributed by atoms with Gasteiger partial charge in [-0.25, -0.2) is 32.1 Å². The predicted octanol–water partition coefficient (Wildman–Crippen LogP) is 6.83. The number of anilines is 1. The van der Waals surface area contributed by atoms with Gasteiger partial charge in [-0.3, -0.25) is 0 Å². The molecule has 1 aliphatic rings. The molecule has 1 amide bonds. The maximum absolute atomic E-state index is 14.5. The largest absolute Gasteiger partial charge is 0.444 e. The normalized spacial score (nSPS) is 15.8. The van der Waals surface area contributed by atoms with Crippen molar-refractivity contribution in [2.45, 2.75) is 70.2 Å². The summed E-state index contributed by atoms with van der Waals surface area (Å²) in [5.74, 6) is 0.318. The molecule has 1 aliphatic heterocycles. The number of aromatic nitrogens is 5. The van der Waals surface area contributed by atoms with Gasteiger partial charge in [0.05, 0.1) is 27.5 Å². The smallest absolute Gasteiger partial charge is 0.419 e. The van der Waals surface area contributed by atoms with E-state index in [1.807, 2.05) is 0 Å². The van der Waals surface area contributed by atoms with Crippen LogP contribution in [0.15, 0.2) is 64.3 Å². The maximum Gasteiger partial charge on any atom is 0.419 e. The molecule has 1 saturated heterocycles. The van der Waals surface area contributed by atoms with E-state index in [0.29, 0.717) is 48.3 Å². The highest BCUT2D eigenvalue weighted by Gasteiger charge is 2.37. The van der Waals surface area contributed by atoms with Crippen LogP contribution in [0.2, 0.25) is 0 Å². The summed E-state index contributed by atoms with van der Waals surface area (Å²) in [7, 11) is -4.34. The third-order valence-corrected chi connectivity index (χ3v) is 9.63. The molecule has 1 N–H and O–H groups in total. The van der Waals surface area contributed by atoms with Crippen LogP contribution in [0.1, 0.15) is 50.6 Å². The Bertz CT molecular complexity index is 2120. The van der Waals surface area contributed by atoms with E-state index in [9.17, 15) is 26.4 Å². The lowest BCUT2D eigenvalue weighted by Gasteiger charge is -2.34. The van der Waals surface area contributed by atoms with Crippen LogP contribution in [0.4, 0.5) is 23.9 Å². The number of nitrogens with one attached hydrogen (secondary N) is 1. The van der Waals surface area contributed by atoms with Gasteiger partial charge >= 0.3 is 12.3 Å². The summed E-state index contributed by atoms with van der Waals surface area (Å²) in [6.07, 6.45) is -2.40. The van der Waals surface area contributed by atoms with E-state index >= 15 is 0 Å². The number of likely N-dealkylation sites (tertiary alicyclic amines) is 1. The van der Waals surface area contributed by atoms with Crippen molar-refractivity contribution >= 4 is 33.1 Å². The van der Waals surface area contributed by atoms with Gasteiger partial charge in [0.2, 0.25) is 5.95 Å². The van der Waals surface area contributed by atoms with Gasteiger partial charge in [0.1, 0.15) is 16.9 Å². The first kappa shape index (κ1) is 33.9. The number of fused-ring (bicyclic) bond motifs is 1. The van der Waals surface area contributed by atoms with Crippen LogP contribution >= 0.6 is 0 Å². The standard InChI is InChI=1S/C33H34F3N7O5S/c1-19-27(20(2)48-41-19)26-14-13-23-24(18-43(29(23)39-26)49(45,46)22-11-7-6-8-12-22)28-25(33(34,35)36)16-37-30(40-28)38-21-10-9-15-42(17-21)31(44)47-32(3,4)5/h6-8,11-14,16,18,21H,9-10,15,17H2,1-5H3,(H,37,38,40)/t21-/m0/s1. The van der Waals surface area contributed by atoms with Crippen molar-refractivity contribution in [2.24, 2.45) is 0 Å². The van der Waals surface area contributed by atoms with Crippen LogP contribution in [-0.2, 0) is 20.9 Å². The fraction of sp³-hybridized carbons (Fsp3) is 0.364. The Kier molecular flexibility index (Phi) is 8.63. The van der Waals surface area contributed by atoms with Crippen LogP contribution in [0.25, 0.3) is 33.5 Å². The Balaban J connectivity index is 1.47. The number of nitrogens with zero attached hydrogens (tertiary/aromatic N) is 6. The van der Waals surface area contributed by atoms with Crippen molar-refractivity contribution in [1.29, 1.82) is 0 Å². The van der Waals surface area contributed by atoms with Gasteiger partial charge in [-0.15, -0.1) is 0 Å². The third-order valence-electron chi connectivity index (χ3n) is 7.97. The van der Waals surface area contributed by atoms with Crippen LogP contribution < -0.4 is 5.32 Å². The summed E-state index contributed by atoms with van der Waals surface area (Å²) in [4.78, 5) is 27.1. The number of rotatable bonds is 6. The second-order valence-electron chi connectivity index (χ2n) is 12.8. The average Bonchev–Trinajstić information content (AvgIpc) is 3.59. The highest BCUT2D eigenvalue weighted by molar-refractivity contribution is 7.90. The van der Waals surface area contributed by atoms with Gasteiger partial charge in [0.25, 0.3) is 10.0 Å². The van der Waals surface area contributed by atoms with E-state index in [1.54, 1.807) is 58.9 Å². The van der Waals surface area contributed by atoms with E-state index in [2.05, 4.69) is 25.4 Å². The van der Waals surface area contributed by atoms with Gasteiger partial charge in [-0.2, -0.15) is 13.2 Å². The summed E-state index contributed by atoms with van der Waals surface area (Å²) >= 11 is 0. The van der Waals surface area contributed by atoms with E-state index in [-0.39, 0.29) is 40.0 Å². The monoisotopic (exact) mass is 697 g/mol. The number of hydrogen-bond donors (Lipinski definition) is 1. The SMILES string of the molecule is Cc1noc(C)c1-c1ccc2c(-c3nc(N[C@H]4CCCN(C(=O)OC(C)(C)C)C4)ncc3C(F)(F)F)cn(S(=O)(=O)c3ccccc3)c2n1. The molecule has 5 aromatic rings. The third kappa shape index (κ3) is 6.82. The average molecular weight is 698 g/mol. The quantitative estimate of drug-likeness (QED) is 0.200. The van der Waals surface area contributed by atoms with Crippen LogP contribution in [-0.4, -0.2) is 68.2 Å². The zero-order chi connectivity index (χ0) is 35.3. The molecule has 0 bridgehead atoms. The van der Waals surface area contributed by atoms with Gasteiger partial charge in [-0.1, -0.05) is 23.4 Å². The zero-order valence-electron chi connectivity index (χ0n) is 27.4. The summed E-state index contributed by atoms with van der Waals surface area (Å²) in [6.45, 7) is 9.34. The summed E-state index contributed by atoms with van der Waals surface area (Å²) < 4.78 is 83.2. The minimum Gasteiger partial charge on any atom is -0.444 e. The number of pyridine rings is 1. The lowest BCUT2D eigenvalue weighted by Crippen LogP contribution is -2.47. The Labute approximate surface area is 280 Å². The minimum absolute atomic E-state index is 0.0871. The maximum atomic E-state index is 14.5. The number of ether oxygens (including phenoxy) is 1. The molecule has 0 unspecified atom stereocenters. The zero-order valence-corrected chi connectivity index (χ0v) is 28.2. The highest BCUT2D eigenvalue weighted by atomic mass is 32.2. The second kappa shape index (κ2) is 12.5. The first-order valence-corrected chi connectivity index (χ1v) is 16.9. The van der Waals surface area contributed by atoms with Gasteiger partial charge in [0.15, 0.2) is 5.65 Å². The lowest BCUT2D eigenvalue weighted by atomic mass is 10.0. The van der Waals surface area contributed by atoms with Crippen LogP contribution in [0.5, 0.6) is 0 Å². The van der Waals surface area contributed by atoms with Crippen LogP contribution in [0, 0.1) is 13.8 Å².